The Morgan fingerprint density at radius 1 is 0.875 bits per heavy atom. The summed E-state index contributed by atoms with van der Waals surface area (Å²) >= 11 is 15.4. The third-order valence-corrected chi connectivity index (χ3v) is 6.38. The minimum absolute atomic E-state index is 0.150. The summed E-state index contributed by atoms with van der Waals surface area (Å²) in [7, 11) is 0. The molecule has 40 heavy (non-hydrogen) atoms. The first kappa shape index (κ1) is 28.8. The van der Waals surface area contributed by atoms with E-state index in [2.05, 4.69) is 31.8 Å². The van der Waals surface area contributed by atoms with Crippen molar-refractivity contribution < 1.29 is 19.1 Å². The first-order valence-corrected chi connectivity index (χ1v) is 13.3. The molecule has 10 heteroatoms. The molecule has 0 heterocycles. The number of benzene rings is 4. The van der Waals surface area contributed by atoms with Crippen molar-refractivity contribution >= 4 is 74.9 Å². The number of nitrogens with one attached hydrogen (secondary N) is 2. The van der Waals surface area contributed by atoms with Gasteiger partial charge in [-0.3, -0.25) is 9.59 Å². The van der Waals surface area contributed by atoms with Gasteiger partial charge in [0.15, 0.2) is 0 Å². The molecular weight excluding hydrogens is 617 g/mol. The molecule has 4 aromatic carbocycles. The number of amides is 2. The average Bonchev–Trinajstić information content (AvgIpc) is 2.94. The van der Waals surface area contributed by atoms with Crippen LogP contribution < -0.4 is 15.5 Å². The van der Waals surface area contributed by atoms with E-state index in [1.165, 1.54) is 30.5 Å². The lowest BCUT2D eigenvalue weighted by Gasteiger charge is -2.09. The topological polar surface area (TPSA) is 96.9 Å². The Kier molecular flexibility index (Phi) is 9.86. The Balaban J connectivity index is 1.36. The lowest BCUT2D eigenvalue weighted by atomic mass is 10.2. The Hall–Kier alpha value is -4.24. The highest BCUT2D eigenvalue weighted by Crippen LogP contribution is 2.26. The number of halogens is 3. The number of carbonyl (C=O) groups excluding carboxylic acids is 3. The van der Waals surface area contributed by atoms with Crippen LogP contribution in [0, 0.1) is 0 Å². The normalized spacial score (nSPS) is 11.0. The third-order valence-electron chi connectivity index (χ3n) is 5.34. The fraction of sp³-hybridized carbons (Fsp3) is 0. The van der Waals surface area contributed by atoms with Crippen LogP contribution in [-0.4, -0.2) is 24.0 Å². The molecule has 0 atom stereocenters. The molecule has 0 aromatic heterocycles. The fourth-order valence-electron chi connectivity index (χ4n) is 3.37. The van der Waals surface area contributed by atoms with Crippen LogP contribution in [0.3, 0.4) is 0 Å². The van der Waals surface area contributed by atoms with Gasteiger partial charge in [0.25, 0.3) is 5.91 Å². The van der Waals surface area contributed by atoms with Crippen molar-refractivity contribution in [2.75, 3.05) is 5.32 Å². The molecule has 4 rings (SSSR count). The van der Waals surface area contributed by atoms with Gasteiger partial charge in [0.2, 0.25) is 5.91 Å². The molecule has 4 aromatic rings. The lowest BCUT2D eigenvalue weighted by Crippen LogP contribution is -2.18. The van der Waals surface area contributed by atoms with Crippen LogP contribution in [0.4, 0.5) is 5.69 Å². The first-order chi connectivity index (χ1) is 19.3. The molecule has 7 nitrogen and oxygen atoms in total. The molecule has 0 aliphatic heterocycles. The number of nitrogens with zero attached hydrogens (tertiary/aromatic N) is 1. The summed E-state index contributed by atoms with van der Waals surface area (Å²) in [5.41, 5.74) is 4.77. The van der Waals surface area contributed by atoms with Gasteiger partial charge < -0.3 is 10.1 Å². The van der Waals surface area contributed by atoms with E-state index in [0.717, 1.165) is 5.56 Å². The van der Waals surface area contributed by atoms with Crippen LogP contribution in [0.25, 0.3) is 6.08 Å². The number of hydrogen-bond donors (Lipinski definition) is 2. The van der Waals surface area contributed by atoms with Crippen molar-refractivity contribution in [1.29, 1.82) is 0 Å². The van der Waals surface area contributed by atoms with Gasteiger partial charge in [0, 0.05) is 32.4 Å². The van der Waals surface area contributed by atoms with Crippen LogP contribution in [0.15, 0.2) is 107 Å². The number of ether oxygens (including phenoxy) is 1. The van der Waals surface area contributed by atoms with Crippen LogP contribution in [-0.2, 0) is 4.79 Å². The van der Waals surface area contributed by atoms with E-state index in [-0.39, 0.29) is 22.2 Å². The summed E-state index contributed by atoms with van der Waals surface area (Å²) in [4.78, 5) is 37.4. The van der Waals surface area contributed by atoms with Gasteiger partial charge in [-0.05, 0) is 72.3 Å². The zero-order valence-electron chi connectivity index (χ0n) is 20.6. The summed E-state index contributed by atoms with van der Waals surface area (Å²) in [6, 6.07) is 25.2. The minimum Gasteiger partial charge on any atom is -0.422 e. The van der Waals surface area contributed by atoms with E-state index in [1.807, 2.05) is 30.3 Å². The van der Waals surface area contributed by atoms with Crippen LogP contribution in [0.1, 0.15) is 31.8 Å². The second kappa shape index (κ2) is 13.7. The highest BCUT2D eigenvalue weighted by molar-refractivity contribution is 9.10. The smallest absolute Gasteiger partial charge is 0.345 e. The Labute approximate surface area is 248 Å². The highest BCUT2D eigenvalue weighted by Gasteiger charge is 2.15. The zero-order valence-corrected chi connectivity index (χ0v) is 23.7. The van der Waals surface area contributed by atoms with Gasteiger partial charge >= 0.3 is 5.97 Å². The van der Waals surface area contributed by atoms with Crippen molar-refractivity contribution in [3.8, 4) is 5.75 Å². The Morgan fingerprint density at radius 2 is 1.62 bits per heavy atom. The maximum absolute atomic E-state index is 12.6. The monoisotopic (exact) mass is 635 g/mol. The van der Waals surface area contributed by atoms with E-state index < -0.39 is 11.9 Å². The van der Waals surface area contributed by atoms with Crippen LogP contribution >= 0.6 is 39.1 Å². The molecule has 200 valence electrons. The van der Waals surface area contributed by atoms with E-state index in [4.69, 9.17) is 27.9 Å². The predicted octanol–water partition coefficient (Wildman–Crippen LogP) is 7.39. The Bertz CT molecular complexity index is 1610. The maximum Gasteiger partial charge on any atom is 0.345 e. The van der Waals surface area contributed by atoms with Crippen molar-refractivity contribution in [1.82, 2.24) is 5.43 Å². The molecule has 0 radical (unpaired) electrons. The standard InChI is InChI=1S/C30H20BrCl2N3O4/c31-22-9-14-27(40-30(39)25-13-10-23(32)17-26(25)33)21(16-22)18-34-36-29(38)20-7-11-24(12-8-20)35-28(37)15-6-19-4-2-1-3-5-19/h1-18H,(H,35,37)(H,36,38)/b15-6+,34-18-. The van der Waals surface area contributed by atoms with Crippen molar-refractivity contribution in [3.05, 3.63) is 134 Å². The highest BCUT2D eigenvalue weighted by atomic mass is 79.9. The van der Waals surface area contributed by atoms with Crippen molar-refractivity contribution in [3.63, 3.8) is 0 Å². The fourth-order valence-corrected chi connectivity index (χ4v) is 4.24. The SMILES string of the molecule is O=C(/C=C/c1ccccc1)Nc1ccc(C(=O)N/N=C\c2cc(Br)ccc2OC(=O)c2ccc(Cl)cc2Cl)cc1. The number of esters is 1. The molecule has 0 unspecified atom stereocenters. The van der Waals surface area contributed by atoms with Gasteiger partial charge in [-0.1, -0.05) is 69.5 Å². The summed E-state index contributed by atoms with van der Waals surface area (Å²) in [5.74, 6) is -1.24. The lowest BCUT2D eigenvalue weighted by molar-refractivity contribution is -0.111. The van der Waals surface area contributed by atoms with E-state index in [9.17, 15) is 14.4 Å². The number of hydrogen-bond acceptors (Lipinski definition) is 5. The van der Waals surface area contributed by atoms with E-state index in [1.54, 1.807) is 48.5 Å². The van der Waals surface area contributed by atoms with Crippen LogP contribution in [0.5, 0.6) is 5.75 Å². The molecule has 0 saturated carbocycles. The summed E-state index contributed by atoms with van der Waals surface area (Å²) in [6.07, 6.45) is 4.49. The minimum atomic E-state index is -0.676. The number of rotatable bonds is 8. The second-order valence-corrected chi connectivity index (χ2v) is 9.96. The maximum atomic E-state index is 12.6. The van der Waals surface area contributed by atoms with Gasteiger partial charge in [0.05, 0.1) is 16.8 Å². The van der Waals surface area contributed by atoms with E-state index >= 15 is 0 Å². The van der Waals surface area contributed by atoms with Crippen LogP contribution in [0.2, 0.25) is 10.0 Å². The number of anilines is 1. The summed E-state index contributed by atoms with van der Waals surface area (Å²) in [5, 5.41) is 7.29. The number of carbonyl (C=O) groups is 3. The molecular formula is C30H20BrCl2N3O4. The Morgan fingerprint density at radius 3 is 2.35 bits per heavy atom. The third kappa shape index (κ3) is 8.13. The van der Waals surface area contributed by atoms with E-state index in [0.29, 0.717) is 26.3 Å². The molecule has 0 saturated heterocycles. The molecule has 2 N–H and O–H groups in total. The predicted molar refractivity (Wildman–Crippen MR) is 161 cm³/mol. The average molecular weight is 637 g/mol. The molecule has 0 spiro atoms. The van der Waals surface area contributed by atoms with Gasteiger partial charge in [-0.25, -0.2) is 10.2 Å². The quantitative estimate of drug-likeness (QED) is 0.0693. The molecule has 0 bridgehead atoms. The van der Waals surface area contributed by atoms with Gasteiger partial charge in [-0.15, -0.1) is 0 Å². The van der Waals surface area contributed by atoms with Gasteiger partial charge in [0.1, 0.15) is 5.75 Å². The summed E-state index contributed by atoms with van der Waals surface area (Å²) < 4.78 is 6.22. The van der Waals surface area contributed by atoms with Gasteiger partial charge in [-0.2, -0.15) is 5.10 Å². The zero-order chi connectivity index (χ0) is 28.5. The van der Waals surface area contributed by atoms with Crippen molar-refractivity contribution in [2.24, 2.45) is 5.10 Å². The molecule has 0 aliphatic rings. The second-order valence-electron chi connectivity index (χ2n) is 8.21. The molecule has 0 aliphatic carbocycles. The summed E-state index contributed by atoms with van der Waals surface area (Å²) in [6.45, 7) is 0. The molecule has 0 fully saturated rings. The number of hydrazone groups is 1. The first-order valence-electron chi connectivity index (χ1n) is 11.7. The van der Waals surface area contributed by atoms with Crippen molar-refractivity contribution in [2.45, 2.75) is 0 Å². The molecule has 2 amide bonds. The largest absolute Gasteiger partial charge is 0.422 e.